The Morgan fingerprint density at radius 1 is 1.14 bits per heavy atom. The molecule has 4 atom stereocenters. The number of allylic oxidation sites excluding steroid dienone is 2. The zero-order chi connectivity index (χ0) is 26.0. The van der Waals surface area contributed by atoms with Crippen molar-refractivity contribution in [2.75, 3.05) is 6.54 Å². The van der Waals surface area contributed by atoms with Crippen LogP contribution < -0.4 is 0 Å². The molecule has 3 aliphatic rings. The van der Waals surface area contributed by atoms with E-state index in [2.05, 4.69) is 26.8 Å². The third-order valence-corrected chi connectivity index (χ3v) is 8.07. The number of aromatic hydroxyl groups is 1. The minimum atomic E-state index is -0.948. The molecular formula is C29H40BNO5. The Bertz CT molecular complexity index is 1050. The van der Waals surface area contributed by atoms with E-state index in [9.17, 15) is 19.7 Å². The van der Waals surface area contributed by atoms with Gasteiger partial charge in [-0.25, -0.2) is 0 Å². The molecule has 0 saturated carbocycles. The molecule has 2 fully saturated rings. The Balaban J connectivity index is 1.64. The number of hydrogen-bond donors (Lipinski definition) is 2. The summed E-state index contributed by atoms with van der Waals surface area (Å²) in [5.74, 6) is -0.495. The second kappa shape index (κ2) is 11.3. The second-order valence-corrected chi connectivity index (χ2v) is 10.9. The van der Waals surface area contributed by atoms with E-state index in [0.29, 0.717) is 25.7 Å². The highest BCUT2D eigenvalue weighted by atomic mass is 16.5. The Morgan fingerprint density at radius 3 is 2.56 bits per heavy atom. The lowest BCUT2D eigenvalue weighted by Gasteiger charge is -2.44. The van der Waals surface area contributed by atoms with Crippen molar-refractivity contribution in [1.29, 1.82) is 0 Å². The van der Waals surface area contributed by atoms with Crippen molar-refractivity contribution in [1.82, 2.24) is 4.90 Å². The first-order valence-electron chi connectivity index (χ1n) is 13.7. The highest BCUT2D eigenvalue weighted by Gasteiger charge is 2.57. The van der Waals surface area contributed by atoms with Gasteiger partial charge in [-0.2, -0.15) is 0 Å². The van der Waals surface area contributed by atoms with E-state index in [1.165, 1.54) is 16.0 Å². The van der Waals surface area contributed by atoms with E-state index in [4.69, 9.17) is 4.65 Å². The topological polar surface area (TPSA) is 87.1 Å². The van der Waals surface area contributed by atoms with E-state index in [0.717, 1.165) is 36.8 Å². The molecule has 0 radical (unpaired) electrons. The largest absolute Gasteiger partial charge is 0.507 e. The smallest absolute Gasteiger partial charge is 0.455 e. The average molecular weight is 493 g/mol. The Labute approximate surface area is 215 Å². The van der Waals surface area contributed by atoms with E-state index >= 15 is 0 Å². The van der Waals surface area contributed by atoms with Crippen molar-refractivity contribution in [2.45, 2.75) is 78.6 Å². The van der Waals surface area contributed by atoms with Gasteiger partial charge in [0.15, 0.2) is 0 Å². The third kappa shape index (κ3) is 5.19. The maximum absolute atomic E-state index is 13.4. The number of amides is 2. The van der Waals surface area contributed by atoms with E-state index in [-0.39, 0.29) is 41.4 Å². The van der Waals surface area contributed by atoms with Crippen LogP contribution in [-0.4, -0.2) is 46.6 Å². The zero-order valence-corrected chi connectivity index (χ0v) is 22.1. The van der Waals surface area contributed by atoms with E-state index < -0.39 is 13.0 Å². The van der Waals surface area contributed by atoms with Crippen LogP contribution >= 0.6 is 0 Å². The summed E-state index contributed by atoms with van der Waals surface area (Å²) in [5, 5.41) is 21.0. The summed E-state index contributed by atoms with van der Waals surface area (Å²) in [6.45, 7) is 8.88. The SMILES string of the molecule is CCC/C(=C\c1ccccc1O)CC[C@H]1OB(O)C[C@H]2C1=C(C(C)C)C[C@H]1C(=O)N(CCC)C(=O)[C@H]12. The molecule has 2 saturated heterocycles. The molecule has 0 bridgehead atoms. The lowest BCUT2D eigenvalue weighted by molar-refractivity contribution is -0.140. The van der Waals surface area contributed by atoms with Crippen LogP contribution in [0.5, 0.6) is 5.75 Å². The van der Waals surface area contributed by atoms with Crippen LogP contribution in [0.15, 0.2) is 41.0 Å². The number of carbonyl (C=O) groups excluding carboxylic acids is 2. The predicted molar refractivity (Wildman–Crippen MR) is 142 cm³/mol. The van der Waals surface area contributed by atoms with Gasteiger partial charge in [-0.1, -0.05) is 69.5 Å². The van der Waals surface area contributed by atoms with Crippen molar-refractivity contribution in [3.63, 3.8) is 0 Å². The highest BCUT2D eigenvalue weighted by Crippen LogP contribution is 2.52. The molecule has 1 aromatic carbocycles. The lowest BCUT2D eigenvalue weighted by atomic mass is 9.57. The first-order chi connectivity index (χ1) is 17.3. The van der Waals surface area contributed by atoms with Gasteiger partial charge in [-0.05, 0) is 61.9 Å². The Morgan fingerprint density at radius 2 is 1.89 bits per heavy atom. The molecule has 1 aliphatic carbocycles. The monoisotopic (exact) mass is 493 g/mol. The van der Waals surface area contributed by atoms with E-state index in [1.807, 2.05) is 25.1 Å². The number of rotatable bonds is 9. The van der Waals surface area contributed by atoms with Crippen LogP contribution in [0, 0.1) is 23.7 Å². The highest BCUT2D eigenvalue weighted by molar-refractivity contribution is 6.43. The number of imide groups is 1. The molecule has 0 aromatic heterocycles. The molecule has 7 heteroatoms. The van der Waals surface area contributed by atoms with Crippen molar-refractivity contribution in [2.24, 2.45) is 23.7 Å². The van der Waals surface area contributed by atoms with Crippen molar-refractivity contribution < 1.29 is 24.4 Å². The van der Waals surface area contributed by atoms with Crippen molar-refractivity contribution in [3.05, 3.63) is 46.5 Å². The van der Waals surface area contributed by atoms with Gasteiger partial charge in [0.2, 0.25) is 11.8 Å². The molecule has 36 heavy (non-hydrogen) atoms. The molecule has 2 amide bonds. The van der Waals surface area contributed by atoms with Crippen molar-refractivity contribution in [3.8, 4) is 5.75 Å². The second-order valence-electron chi connectivity index (χ2n) is 10.9. The van der Waals surface area contributed by atoms with Crippen LogP contribution in [0.4, 0.5) is 0 Å². The summed E-state index contributed by atoms with van der Waals surface area (Å²) in [7, 11) is -0.948. The maximum Gasteiger partial charge on any atom is 0.455 e. The first kappa shape index (κ1) is 26.7. The molecule has 2 heterocycles. The summed E-state index contributed by atoms with van der Waals surface area (Å²) in [6.07, 6.45) is 6.84. The Hall–Kier alpha value is -2.38. The van der Waals surface area contributed by atoms with Gasteiger partial charge in [0, 0.05) is 12.1 Å². The number of fused-ring (bicyclic) bond motifs is 3. The quantitative estimate of drug-likeness (QED) is 0.280. The summed E-state index contributed by atoms with van der Waals surface area (Å²) in [5.41, 5.74) is 4.40. The fraction of sp³-hybridized carbons (Fsp3) is 0.586. The minimum absolute atomic E-state index is 0.0441. The maximum atomic E-state index is 13.4. The zero-order valence-electron chi connectivity index (χ0n) is 22.1. The molecule has 2 N–H and O–H groups in total. The van der Waals surface area contributed by atoms with Crippen LogP contribution in [0.3, 0.4) is 0 Å². The number of likely N-dealkylation sites (tertiary alicyclic amines) is 1. The molecule has 6 nitrogen and oxygen atoms in total. The van der Waals surface area contributed by atoms with Gasteiger partial charge < -0.3 is 14.8 Å². The molecule has 1 aromatic rings. The Kier molecular flexibility index (Phi) is 8.41. The lowest BCUT2D eigenvalue weighted by Crippen LogP contribution is -2.46. The van der Waals surface area contributed by atoms with E-state index in [1.54, 1.807) is 6.07 Å². The predicted octanol–water partition coefficient (Wildman–Crippen LogP) is 5.22. The number of benzene rings is 1. The standard InChI is InChI=1S/C29H40BNO5/c1-5-9-19(15-20-10-7-8-11-24(20)32)12-13-25-26-21(18(3)4)16-22-27(23(26)17-30(35)36-25)29(34)31(14-6-2)28(22)33/h7-8,10-11,15,18,22-23,25,27,32,35H,5-6,9,12-14,16-17H2,1-4H3/b19-15+/t22-,23+,25-,27-/m1/s1. The van der Waals surface area contributed by atoms with Crippen LogP contribution in [0.25, 0.3) is 6.08 Å². The van der Waals surface area contributed by atoms with Gasteiger partial charge in [-0.3, -0.25) is 14.5 Å². The van der Waals surface area contributed by atoms with Gasteiger partial charge in [0.25, 0.3) is 0 Å². The molecule has 0 unspecified atom stereocenters. The minimum Gasteiger partial charge on any atom is -0.507 e. The molecule has 2 aliphatic heterocycles. The summed E-state index contributed by atoms with van der Waals surface area (Å²) >= 11 is 0. The number of nitrogens with zero attached hydrogens (tertiary/aromatic N) is 1. The van der Waals surface area contributed by atoms with Crippen LogP contribution in [0.2, 0.25) is 6.32 Å². The molecule has 0 spiro atoms. The number of hydrogen-bond acceptors (Lipinski definition) is 5. The molecule has 194 valence electrons. The normalized spacial score (nSPS) is 26.7. The number of phenols is 1. The molecule has 4 rings (SSSR count). The fourth-order valence-corrected chi connectivity index (χ4v) is 6.50. The number of para-hydroxylation sites is 1. The molecular weight excluding hydrogens is 453 g/mol. The summed E-state index contributed by atoms with van der Waals surface area (Å²) in [6, 6.07) is 7.34. The van der Waals surface area contributed by atoms with Gasteiger partial charge in [0.05, 0.1) is 17.9 Å². The fourth-order valence-electron chi connectivity index (χ4n) is 6.50. The van der Waals surface area contributed by atoms with Gasteiger partial charge >= 0.3 is 7.12 Å². The summed E-state index contributed by atoms with van der Waals surface area (Å²) < 4.78 is 6.13. The summed E-state index contributed by atoms with van der Waals surface area (Å²) in [4.78, 5) is 28.1. The van der Waals surface area contributed by atoms with Crippen LogP contribution in [-0.2, 0) is 14.2 Å². The van der Waals surface area contributed by atoms with Crippen molar-refractivity contribution >= 4 is 25.0 Å². The van der Waals surface area contributed by atoms with Gasteiger partial charge in [0.1, 0.15) is 5.75 Å². The number of phenolic OH excluding ortho intramolecular Hbond substituents is 1. The number of carbonyl (C=O) groups is 2. The first-order valence-corrected chi connectivity index (χ1v) is 13.7. The van der Waals surface area contributed by atoms with Crippen LogP contribution in [0.1, 0.15) is 71.8 Å². The average Bonchev–Trinajstić information content (AvgIpc) is 3.08. The van der Waals surface area contributed by atoms with Gasteiger partial charge in [-0.15, -0.1) is 0 Å². The third-order valence-electron chi connectivity index (χ3n) is 8.07.